The Hall–Kier alpha value is -4.05. The summed E-state index contributed by atoms with van der Waals surface area (Å²) in [6, 6.07) is 8.80. The second-order valence-corrected chi connectivity index (χ2v) is 13.1. The summed E-state index contributed by atoms with van der Waals surface area (Å²) in [7, 11) is 0. The van der Waals surface area contributed by atoms with Gasteiger partial charge in [0.25, 0.3) is 5.91 Å². The molecule has 4 amide bonds. The minimum atomic E-state index is -0.716. The number of hydrogen-bond acceptors (Lipinski definition) is 7. The quantitative estimate of drug-likeness (QED) is 0.398. The van der Waals surface area contributed by atoms with Crippen LogP contribution in [0.5, 0.6) is 0 Å². The Labute approximate surface area is 250 Å². The molecule has 3 N–H and O–H groups in total. The normalized spacial score (nSPS) is 28.4. The van der Waals surface area contributed by atoms with Crippen LogP contribution in [-0.2, 0) is 20.8 Å². The maximum atomic E-state index is 13.5. The largest absolute Gasteiger partial charge is 0.404 e. The highest BCUT2D eigenvalue weighted by Gasteiger charge is 2.51. The van der Waals surface area contributed by atoms with Crippen LogP contribution in [0.2, 0.25) is 0 Å². The van der Waals surface area contributed by atoms with Gasteiger partial charge in [-0.25, -0.2) is 0 Å². The van der Waals surface area contributed by atoms with Crippen LogP contribution in [0.1, 0.15) is 61.4 Å². The first-order valence-corrected chi connectivity index (χ1v) is 15.4. The molecule has 1 unspecified atom stereocenters. The highest BCUT2D eigenvalue weighted by Crippen LogP contribution is 2.43. The van der Waals surface area contributed by atoms with Gasteiger partial charge in [-0.1, -0.05) is 18.2 Å². The number of carbonyl (C=O) groups is 4. The summed E-state index contributed by atoms with van der Waals surface area (Å²) in [5, 5.41) is 4.12. The van der Waals surface area contributed by atoms with Gasteiger partial charge >= 0.3 is 0 Å². The topological polar surface area (TPSA) is 128 Å². The molecule has 0 spiro atoms. The summed E-state index contributed by atoms with van der Waals surface area (Å²) in [5.41, 5.74) is 8.78. The Kier molecular flexibility index (Phi) is 6.65. The van der Waals surface area contributed by atoms with E-state index in [0.29, 0.717) is 30.0 Å². The van der Waals surface area contributed by atoms with Gasteiger partial charge < -0.3 is 15.5 Å². The smallest absolute Gasteiger partial charge is 0.259 e. The first-order valence-electron chi connectivity index (χ1n) is 15.4. The summed E-state index contributed by atoms with van der Waals surface area (Å²) in [6.45, 7) is 6.61. The predicted octanol–water partition coefficient (Wildman–Crippen LogP) is 2.54. The monoisotopic (exact) mass is 582 g/mol. The molecule has 43 heavy (non-hydrogen) atoms. The number of imide groups is 1. The molecular formula is C33H38N6O4. The Morgan fingerprint density at radius 3 is 2.51 bits per heavy atom. The molecule has 4 saturated heterocycles. The minimum Gasteiger partial charge on any atom is -0.404 e. The average Bonchev–Trinajstić information content (AvgIpc) is 3.71. The van der Waals surface area contributed by atoms with Crippen LogP contribution in [0.15, 0.2) is 47.1 Å². The number of likely N-dealkylation sites (tertiary alicyclic amines) is 1. The van der Waals surface area contributed by atoms with Crippen molar-refractivity contribution in [3.63, 3.8) is 0 Å². The van der Waals surface area contributed by atoms with E-state index in [0.717, 1.165) is 80.3 Å². The molecule has 2 bridgehead atoms. The van der Waals surface area contributed by atoms with E-state index in [9.17, 15) is 19.2 Å². The van der Waals surface area contributed by atoms with Crippen LogP contribution in [0.3, 0.4) is 0 Å². The molecule has 224 valence electrons. The van der Waals surface area contributed by atoms with Crippen molar-refractivity contribution in [1.29, 1.82) is 0 Å². The van der Waals surface area contributed by atoms with Crippen molar-refractivity contribution in [2.75, 3.05) is 37.6 Å². The first-order chi connectivity index (χ1) is 20.7. The highest BCUT2D eigenvalue weighted by molar-refractivity contribution is 6.27. The van der Waals surface area contributed by atoms with Crippen molar-refractivity contribution >= 4 is 46.3 Å². The Morgan fingerprint density at radius 2 is 1.84 bits per heavy atom. The number of benzene rings is 2. The minimum absolute atomic E-state index is 0.157. The van der Waals surface area contributed by atoms with Crippen LogP contribution in [0.4, 0.5) is 5.69 Å². The lowest BCUT2D eigenvalue weighted by atomic mass is 9.81. The molecule has 2 aromatic rings. The van der Waals surface area contributed by atoms with Crippen LogP contribution in [-0.4, -0.2) is 83.9 Å². The maximum absolute atomic E-state index is 13.5. The Balaban J connectivity index is 1.06. The number of aliphatic imine (C=N–C) groups is 1. The van der Waals surface area contributed by atoms with Crippen LogP contribution >= 0.6 is 0 Å². The summed E-state index contributed by atoms with van der Waals surface area (Å²) in [4.78, 5) is 62.2. The molecule has 10 heteroatoms. The van der Waals surface area contributed by atoms with Crippen LogP contribution < -0.4 is 16.0 Å². The van der Waals surface area contributed by atoms with E-state index in [1.165, 1.54) is 4.90 Å². The van der Waals surface area contributed by atoms with Gasteiger partial charge in [0.1, 0.15) is 6.04 Å². The molecular weight excluding hydrogens is 544 g/mol. The van der Waals surface area contributed by atoms with Crippen molar-refractivity contribution in [2.45, 2.75) is 63.5 Å². The third kappa shape index (κ3) is 4.63. The number of nitrogens with zero attached hydrogens (tertiary/aromatic N) is 4. The van der Waals surface area contributed by atoms with E-state index >= 15 is 0 Å². The number of rotatable bonds is 6. The Morgan fingerprint density at radius 1 is 1.07 bits per heavy atom. The number of anilines is 1. The summed E-state index contributed by atoms with van der Waals surface area (Å²) in [5.74, 6) is -0.636. The fraction of sp³-hybridized carbons (Fsp3) is 0.485. The SMILES string of the molecule is CC1(N=C/C(=C\N)Cc2ccc3c4c(cccc24)C(=O)N3C2CCC(=O)NC2=O)CCN(C(=O)C23CCN(CC2)C3)CC1. The molecule has 0 aromatic heterocycles. The third-order valence-electron chi connectivity index (χ3n) is 10.4. The van der Waals surface area contributed by atoms with Crippen molar-refractivity contribution in [3.8, 4) is 0 Å². The van der Waals surface area contributed by atoms with Gasteiger partial charge in [-0.05, 0) is 87.0 Å². The van der Waals surface area contributed by atoms with E-state index in [2.05, 4.69) is 22.0 Å². The molecule has 5 aliphatic heterocycles. The lowest BCUT2D eigenvalue weighted by Gasteiger charge is -2.40. The first kappa shape index (κ1) is 27.8. The average molecular weight is 583 g/mol. The van der Waals surface area contributed by atoms with Gasteiger partial charge in [0.15, 0.2) is 0 Å². The maximum Gasteiger partial charge on any atom is 0.259 e. The predicted molar refractivity (Wildman–Crippen MR) is 164 cm³/mol. The molecule has 2 aromatic carbocycles. The van der Waals surface area contributed by atoms with E-state index in [1.54, 1.807) is 12.3 Å². The summed E-state index contributed by atoms with van der Waals surface area (Å²) < 4.78 is 0. The molecule has 10 nitrogen and oxygen atoms in total. The standard InChI is InChI=1S/C33H38N6O4/c1-32(9-15-38(16-10-32)31(43)33-11-13-37(20-33)14-12-33)35-19-21(18-34)17-22-5-6-25-28-23(22)3-2-4-24(28)30(42)39(25)26-7-8-27(40)36-29(26)41/h2-6,18-19,26H,7-17,20,34H2,1H3,(H,36,40,41)/b21-18-,35-19?. The number of nitrogens with two attached hydrogens (primary N) is 1. The summed E-state index contributed by atoms with van der Waals surface area (Å²) in [6.07, 6.45) is 8.09. The Bertz CT molecular complexity index is 1600. The number of amides is 4. The third-order valence-corrected chi connectivity index (χ3v) is 10.4. The fourth-order valence-electron chi connectivity index (χ4n) is 7.73. The number of piperidine rings is 3. The van der Waals surface area contributed by atoms with E-state index in [4.69, 9.17) is 10.7 Å². The van der Waals surface area contributed by atoms with Gasteiger partial charge in [-0.15, -0.1) is 0 Å². The van der Waals surface area contributed by atoms with Crippen molar-refractivity contribution in [3.05, 3.63) is 53.2 Å². The van der Waals surface area contributed by atoms with Gasteiger partial charge in [0, 0.05) is 49.6 Å². The second kappa shape index (κ2) is 10.3. The van der Waals surface area contributed by atoms with Gasteiger partial charge in [-0.2, -0.15) is 0 Å². The second-order valence-electron chi connectivity index (χ2n) is 13.1. The number of nitrogens with one attached hydrogen (secondary N) is 1. The summed E-state index contributed by atoms with van der Waals surface area (Å²) >= 11 is 0. The lowest BCUT2D eigenvalue weighted by molar-refractivity contribution is -0.142. The molecule has 7 rings (SSSR count). The molecule has 1 atom stereocenters. The lowest BCUT2D eigenvalue weighted by Crippen LogP contribution is -2.53. The zero-order valence-electron chi connectivity index (χ0n) is 24.6. The number of carbonyl (C=O) groups excluding carboxylic acids is 4. The molecule has 4 fully saturated rings. The molecule has 5 aliphatic rings. The molecule has 0 radical (unpaired) electrons. The van der Waals surface area contributed by atoms with E-state index < -0.39 is 11.9 Å². The number of fused-ring (bicyclic) bond motifs is 2. The van der Waals surface area contributed by atoms with Gasteiger partial charge in [0.2, 0.25) is 17.7 Å². The van der Waals surface area contributed by atoms with E-state index in [-0.39, 0.29) is 29.2 Å². The fourth-order valence-corrected chi connectivity index (χ4v) is 7.73. The van der Waals surface area contributed by atoms with Gasteiger partial charge in [-0.3, -0.25) is 34.4 Å². The van der Waals surface area contributed by atoms with Crippen molar-refractivity contribution in [1.82, 2.24) is 15.1 Å². The van der Waals surface area contributed by atoms with Crippen LogP contribution in [0.25, 0.3) is 10.8 Å². The molecule has 0 saturated carbocycles. The van der Waals surface area contributed by atoms with Gasteiger partial charge in [0.05, 0.1) is 16.6 Å². The van der Waals surface area contributed by atoms with E-state index in [1.807, 2.05) is 30.5 Å². The van der Waals surface area contributed by atoms with Crippen LogP contribution in [0, 0.1) is 5.41 Å². The zero-order chi connectivity index (χ0) is 29.9. The van der Waals surface area contributed by atoms with Crippen molar-refractivity contribution < 1.29 is 19.2 Å². The van der Waals surface area contributed by atoms with Crippen molar-refractivity contribution in [2.24, 2.45) is 16.1 Å². The zero-order valence-corrected chi connectivity index (χ0v) is 24.6. The highest BCUT2D eigenvalue weighted by atomic mass is 16.2. The molecule has 0 aliphatic carbocycles. The number of allylic oxidation sites excluding steroid dienone is 1. The molecule has 5 heterocycles. The number of hydrogen-bond donors (Lipinski definition) is 2.